The number of furan rings is 1. The number of ketones is 1. The fourth-order valence-electron chi connectivity index (χ4n) is 3.76. The highest BCUT2D eigenvalue weighted by Gasteiger charge is 2.48. The first-order valence-corrected chi connectivity index (χ1v) is 9.65. The number of rotatable bonds is 10. The summed E-state index contributed by atoms with van der Waals surface area (Å²) >= 11 is 0. The van der Waals surface area contributed by atoms with E-state index in [1.165, 1.54) is 0 Å². The summed E-state index contributed by atoms with van der Waals surface area (Å²) in [5.74, 6) is -0.0883. The first kappa shape index (κ1) is 19.4. The van der Waals surface area contributed by atoms with Gasteiger partial charge in [-0.05, 0) is 25.0 Å². The van der Waals surface area contributed by atoms with Crippen molar-refractivity contribution in [2.45, 2.75) is 58.2 Å². The number of likely N-dealkylation sites (tertiary alicyclic amines) is 1. The van der Waals surface area contributed by atoms with Crippen LogP contribution in [-0.4, -0.2) is 37.8 Å². The van der Waals surface area contributed by atoms with Crippen molar-refractivity contribution in [2.75, 3.05) is 6.54 Å². The Balaban J connectivity index is 1.76. The van der Waals surface area contributed by atoms with Crippen LogP contribution in [0.25, 0.3) is 0 Å². The zero-order valence-corrected chi connectivity index (χ0v) is 15.7. The first-order chi connectivity index (χ1) is 13.2. The second-order valence-electron chi connectivity index (χ2n) is 7.03. The molecule has 0 saturated carbocycles. The van der Waals surface area contributed by atoms with Crippen LogP contribution < -0.4 is 0 Å². The Morgan fingerprint density at radius 2 is 2.04 bits per heavy atom. The number of hydrogen-bond acceptors (Lipinski definition) is 5. The van der Waals surface area contributed by atoms with Crippen LogP contribution in [0.4, 0.5) is 0 Å². The van der Waals surface area contributed by atoms with Gasteiger partial charge in [0.2, 0.25) is 5.78 Å². The lowest BCUT2D eigenvalue weighted by molar-refractivity contribution is -0.141. The zero-order valence-electron chi connectivity index (χ0n) is 15.7. The number of aliphatic hydroxyl groups excluding tert-OH is 1. The molecule has 1 amide bonds. The lowest BCUT2D eigenvalue weighted by Gasteiger charge is -2.25. The van der Waals surface area contributed by atoms with Crippen LogP contribution in [-0.2, 0) is 22.7 Å². The molecule has 0 aliphatic carbocycles. The summed E-state index contributed by atoms with van der Waals surface area (Å²) in [6, 6.07) is 3.10. The van der Waals surface area contributed by atoms with Gasteiger partial charge in [0.15, 0.2) is 0 Å². The van der Waals surface area contributed by atoms with Gasteiger partial charge in [-0.25, -0.2) is 4.98 Å². The molecule has 27 heavy (non-hydrogen) atoms. The molecule has 3 heterocycles. The third-order valence-corrected chi connectivity index (χ3v) is 5.15. The minimum absolute atomic E-state index is 0.199. The van der Waals surface area contributed by atoms with E-state index in [1.54, 1.807) is 29.6 Å². The highest BCUT2D eigenvalue weighted by atomic mass is 16.4. The maximum absolute atomic E-state index is 12.7. The largest absolute Gasteiger partial charge is 0.461 e. The minimum atomic E-state index is -0.422. The number of carbonyl (C=O) groups is 2. The standard InChI is InChI=1S/C20H27N3O4/c1-2-3-4-6-16-18(17-8-7-15(13-24)27-17)23(20(26)19(16)25)11-5-10-22-12-9-21-14-22/h7-9,12,14,16,18,24H,2-6,10-11,13H2,1H3. The molecule has 3 rings (SSSR count). The minimum Gasteiger partial charge on any atom is -0.461 e. The third kappa shape index (κ3) is 4.30. The number of nitrogens with zero attached hydrogens (tertiary/aromatic N) is 3. The van der Waals surface area contributed by atoms with E-state index in [-0.39, 0.29) is 24.3 Å². The van der Waals surface area contributed by atoms with Crippen molar-refractivity contribution in [2.24, 2.45) is 5.92 Å². The van der Waals surface area contributed by atoms with Gasteiger partial charge >= 0.3 is 0 Å². The van der Waals surface area contributed by atoms with E-state index < -0.39 is 5.91 Å². The van der Waals surface area contributed by atoms with Gasteiger partial charge in [0.1, 0.15) is 24.2 Å². The Kier molecular flexibility index (Phi) is 6.45. The van der Waals surface area contributed by atoms with E-state index in [0.717, 1.165) is 32.2 Å². The first-order valence-electron chi connectivity index (χ1n) is 9.65. The van der Waals surface area contributed by atoms with Crippen LogP contribution >= 0.6 is 0 Å². The second kappa shape index (κ2) is 8.99. The molecule has 1 saturated heterocycles. The van der Waals surface area contributed by atoms with E-state index in [0.29, 0.717) is 24.5 Å². The molecule has 2 aromatic rings. The lowest BCUT2D eigenvalue weighted by atomic mass is 9.91. The topological polar surface area (TPSA) is 88.6 Å². The Morgan fingerprint density at radius 1 is 1.19 bits per heavy atom. The number of Topliss-reactive ketones (excluding diaryl/α,β-unsaturated/α-hetero) is 1. The van der Waals surface area contributed by atoms with Crippen molar-refractivity contribution >= 4 is 11.7 Å². The average Bonchev–Trinajstić information content (AvgIpc) is 3.40. The molecule has 146 valence electrons. The number of hydrogen-bond donors (Lipinski definition) is 1. The van der Waals surface area contributed by atoms with Crippen LogP contribution in [0.2, 0.25) is 0 Å². The molecular weight excluding hydrogens is 346 g/mol. The maximum Gasteiger partial charge on any atom is 0.290 e. The van der Waals surface area contributed by atoms with Crippen LogP contribution in [0.5, 0.6) is 0 Å². The molecule has 0 bridgehead atoms. The van der Waals surface area contributed by atoms with Crippen molar-refractivity contribution < 1.29 is 19.1 Å². The van der Waals surface area contributed by atoms with E-state index in [1.807, 2.05) is 10.8 Å². The summed E-state index contributed by atoms with van der Waals surface area (Å²) in [4.78, 5) is 31.0. The van der Waals surface area contributed by atoms with Gasteiger partial charge in [0.05, 0.1) is 12.2 Å². The van der Waals surface area contributed by atoms with Gasteiger partial charge in [0, 0.05) is 25.5 Å². The summed E-state index contributed by atoms with van der Waals surface area (Å²) in [5.41, 5.74) is 0. The molecule has 2 atom stereocenters. The number of aromatic nitrogens is 2. The quantitative estimate of drug-likeness (QED) is 0.511. The molecule has 1 fully saturated rings. The normalized spacial score (nSPS) is 20.0. The molecule has 7 heteroatoms. The number of amides is 1. The molecule has 1 N–H and O–H groups in total. The van der Waals surface area contributed by atoms with Crippen LogP contribution in [0.3, 0.4) is 0 Å². The molecule has 2 unspecified atom stereocenters. The monoisotopic (exact) mass is 373 g/mol. The van der Waals surface area contributed by atoms with Crippen molar-refractivity contribution in [1.82, 2.24) is 14.5 Å². The van der Waals surface area contributed by atoms with E-state index in [4.69, 9.17) is 4.42 Å². The van der Waals surface area contributed by atoms with Gasteiger partial charge in [-0.15, -0.1) is 0 Å². The Hall–Kier alpha value is -2.41. The SMILES string of the molecule is CCCCCC1C(=O)C(=O)N(CCCn2ccnc2)C1c1ccc(CO)o1. The van der Waals surface area contributed by atoms with E-state index >= 15 is 0 Å². The predicted molar refractivity (Wildman–Crippen MR) is 98.6 cm³/mol. The summed E-state index contributed by atoms with van der Waals surface area (Å²) in [6.45, 7) is 3.12. The highest BCUT2D eigenvalue weighted by Crippen LogP contribution is 2.39. The maximum atomic E-state index is 12.7. The molecule has 2 aromatic heterocycles. The summed E-state index contributed by atoms with van der Waals surface area (Å²) in [5, 5.41) is 9.30. The summed E-state index contributed by atoms with van der Waals surface area (Å²) < 4.78 is 7.67. The van der Waals surface area contributed by atoms with Gasteiger partial charge in [-0.2, -0.15) is 0 Å². The Labute approximate surface area is 159 Å². The Morgan fingerprint density at radius 3 is 2.70 bits per heavy atom. The lowest BCUT2D eigenvalue weighted by Crippen LogP contribution is -2.31. The van der Waals surface area contributed by atoms with E-state index in [9.17, 15) is 14.7 Å². The second-order valence-corrected chi connectivity index (χ2v) is 7.03. The van der Waals surface area contributed by atoms with Crippen LogP contribution in [0, 0.1) is 5.92 Å². The molecule has 7 nitrogen and oxygen atoms in total. The zero-order chi connectivity index (χ0) is 19.2. The highest BCUT2D eigenvalue weighted by molar-refractivity contribution is 6.39. The fourth-order valence-corrected chi connectivity index (χ4v) is 3.76. The molecule has 0 spiro atoms. The fraction of sp³-hybridized carbons (Fsp3) is 0.550. The van der Waals surface area contributed by atoms with Gasteiger partial charge < -0.3 is 19.0 Å². The smallest absolute Gasteiger partial charge is 0.290 e. The number of aryl methyl sites for hydroxylation is 1. The van der Waals surface area contributed by atoms with Crippen molar-refractivity contribution in [3.8, 4) is 0 Å². The van der Waals surface area contributed by atoms with Crippen LogP contribution in [0.1, 0.15) is 56.6 Å². The molecule has 0 aromatic carbocycles. The molecule has 0 radical (unpaired) electrons. The molecular formula is C20H27N3O4. The third-order valence-electron chi connectivity index (χ3n) is 5.15. The summed E-state index contributed by atoms with van der Waals surface area (Å²) in [6.07, 6.45) is 9.74. The predicted octanol–water partition coefficient (Wildman–Crippen LogP) is 2.71. The van der Waals surface area contributed by atoms with Crippen LogP contribution in [0.15, 0.2) is 35.3 Å². The van der Waals surface area contributed by atoms with Gasteiger partial charge in [-0.1, -0.05) is 26.2 Å². The van der Waals surface area contributed by atoms with Gasteiger partial charge in [-0.3, -0.25) is 9.59 Å². The Bertz CT molecular complexity index is 753. The number of carbonyl (C=O) groups excluding carboxylic acids is 2. The number of imidazole rings is 1. The van der Waals surface area contributed by atoms with Crippen molar-refractivity contribution in [1.29, 1.82) is 0 Å². The summed E-state index contributed by atoms with van der Waals surface area (Å²) in [7, 11) is 0. The average molecular weight is 373 g/mol. The molecule has 1 aliphatic rings. The number of aliphatic hydroxyl groups is 1. The van der Waals surface area contributed by atoms with Gasteiger partial charge in [0.25, 0.3) is 5.91 Å². The van der Waals surface area contributed by atoms with Crippen molar-refractivity contribution in [3.63, 3.8) is 0 Å². The van der Waals surface area contributed by atoms with E-state index in [2.05, 4.69) is 11.9 Å². The molecule has 1 aliphatic heterocycles. The number of unbranched alkanes of at least 4 members (excludes halogenated alkanes) is 2. The van der Waals surface area contributed by atoms with Crippen molar-refractivity contribution in [3.05, 3.63) is 42.4 Å².